The number of hydrogen-bond acceptors (Lipinski definition) is 11. The quantitative estimate of drug-likeness (QED) is 0.104. The van der Waals surface area contributed by atoms with Crippen molar-refractivity contribution >= 4 is 35.7 Å². The fourth-order valence-electron chi connectivity index (χ4n) is 6.82. The summed E-state index contributed by atoms with van der Waals surface area (Å²) in [6.45, 7) is 0.306. The molecule has 306 valence electrons. The van der Waals surface area contributed by atoms with Gasteiger partial charge >= 0.3 is 18.2 Å². The molecule has 0 aliphatic heterocycles. The van der Waals surface area contributed by atoms with Gasteiger partial charge in [-0.15, -0.1) is 0 Å². The third kappa shape index (κ3) is 14.2. The van der Waals surface area contributed by atoms with E-state index in [4.69, 9.17) is 14.2 Å². The van der Waals surface area contributed by atoms with Gasteiger partial charge in [0.05, 0.1) is 16.6 Å². The highest BCUT2D eigenvalue weighted by molar-refractivity contribution is 5.90. The van der Waals surface area contributed by atoms with Crippen molar-refractivity contribution in [2.24, 2.45) is 11.8 Å². The van der Waals surface area contributed by atoms with E-state index in [1.807, 2.05) is 60.7 Å². The largest absolute Gasteiger partial charge is 0.459 e. The number of aliphatic hydroxyl groups excluding tert-OH is 1. The highest BCUT2D eigenvalue weighted by atomic mass is 16.6. The number of esters is 1. The number of nitrogens with zero attached hydrogens (tertiary/aromatic N) is 3. The number of hydrogen-bond donors (Lipinski definition) is 3. The van der Waals surface area contributed by atoms with Gasteiger partial charge in [0.25, 0.3) is 5.69 Å². The van der Waals surface area contributed by atoms with Crippen LogP contribution in [0.2, 0.25) is 0 Å². The number of nitro groups is 1. The average Bonchev–Trinajstić information content (AvgIpc) is 3.19. The Hall–Kier alpha value is -6.03. The van der Waals surface area contributed by atoms with Crippen molar-refractivity contribution < 1.29 is 48.2 Å². The van der Waals surface area contributed by atoms with Gasteiger partial charge in [0.15, 0.2) is 0 Å². The van der Waals surface area contributed by atoms with E-state index in [2.05, 4.69) is 10.6 Å². The van der Waals surface area contributed by atoms with E-state index in [1.54, 1.807) is 28.2 Å². The number of carbonyl (C=O) groups excluding carboxylic acids is 5. The van der Waals surface area contributed by atoms with Crippen LogP contribution in [0.4, 0.5) is 15.3 Å². The van der Waals surface area contributed by atoms with Crippen LogP contribution in [0.15, 0.2) is 84.9 Å². The standard InChI is InChI=1S/C24H27N3O7.C17H24N2O4/c1-26(2)22(28)18-12-19(25-24(30)33-15-16-6-4-3-5-7-16)14-21(13-18)34-23(29)17-8-10-20(11-9-17)27(31)32;1-19(2)16(21)13-8-14(10-15(20)9-13)18-17(22)23-11-12-6-4-3-5-7-12/h3-11,18-19,21H,12-15H2,1-2H3,(H,25,30);3-7,13-15,20H,8-11H2,1-2H3,(H,18,22)/t18-,19+,21+;13-,14+,15+/m11/s1. The molecule has 0 spiro atoms. The van der Waals surface area contributed by atoms with Crippen LogP contribution >= 0.6 is 0 Å². The first-order valence-corrected chi connectivity index (χ1v) is 18.7. The van der Waals surface area contributed by atoms with Crippen molar-refractivity contribution in [3.05, 3.63) is 112 Å². The molecule has 2 aliphatic rings. The SMILES string of the molecule is CN(C)C(=O)[C@@H]1C[C@H](NC(=O)OCc2ccccc2)C[C@@H](OC(=O)c2ccc([N+](=O)[O-])cc2)C1.CN(C)C(=O)[C@H]1C[C@H](O)C[C@@H](NC(=O)OCc2ccccc2)C1. The number of alkyl carbamates (subject to hydrolysis) is 2. The highest BCUT2D eigenvalue weighted by Crippen LogP contribution is 2.30. The van der Waals surface area contributed by atoms with Gasteiger partial charge < -0.3 is 39.8 Å². The number of non-ortho nitro benzene ring substituents is 1. The van der Waals surface area contributed by atoms with Crippen LogP contribution in [-0.4, -0.2) is 102 Å². The normalized spacial score (nSPS) is 21.3. The van der Waals surface area contributed by atoms with Gasteiger partial charge in [-0.1, -0.05) is 60.7 Å². The van der Waals surface area contributed by atoms with Crippen molar-refractivity contribution in [3.8, 4) is 0 Å². The van der Waals surface area contributed by atoms with Gasteiger partial charge in [-0.05, 0) is 55.4 Å². The predicted molar refractivity (Wildman–Crippen MR) is 207 cm³/mol. The molecule has 2 fully saturated rings. The van der Waals surface area contributed by atoms with Gasteiger partial charge in [-0.25, -0.2) is 14.4 Å². The molecule has 0 unspecified atom stereocenters. The van der Waals surface area contributed by atoms with Gasteiger partial charge in [0.1, 0.15) is 19.3 Å². The number of ether oxygens (including phenoxy) is 3. The van der Waals surface area contributed by atoms with E-state index >= 15 is 0 Å². The predicted octanol–water partition coefficient (Wildman–Crippen LogP) is 4.83. The molecule has 57 heavy (non-hydrogen) atoms. The van der Waals surface area contributed by atoms with Crippen LogP contribution in [0.25, 0.3) is 0 Å². The van der Waals surface area contributed by atoms with Crippen LogP contribution in [-0.2, 0) is 37.0 Å². The molecule has 0 saturated heterocycles. The number of carbonyl (C=O) groups is 5. The molecule has 0 heterocycles. The van der Waals surface area contributed by atoms with E-state index in [0.29, 0.717) is 38.5 Å². The molecule has 5 rings (SSSR count). The zero-order chi connectivity index (χ0) is 41.5. The maximum absolute atomic E-state index is 12.6. The second-order valence-electron chi connectivity index (χ2n) is 14.6. The van der Waals surface area contributed by atoms with E-state index in [-0.39, 0.29) is 48.2 Å². The maximum Gasteiger partial charge on any atom is 0.407 e. The zero-order valence-electron chi connectivity index (χ0n) is 32.6. The molecule has 2 aliphatic carbocycles. The van der Waals surface area contributed by atoms with Gasteiger partial charge in [-0.2, -0.15) is 0 Å². The smallest absolute Gasteiger partial charge is 0.407 e. The Morgan fingerprint density at radius 1 is 0.667 bits per heavy atom. The van der Waals surface area contributed by atoms with Crippen molar-refractivity contribution in [2.45, 2.75) is 76.0 Å². The van der Waals surface area contributed by atoms with Crippen molar-refractivity contribution in [2.75, 3.05) is 28.2 Å². The highest BCUT2D eigenvalue weighted by Gasteiger charge is 2.37. The first-order valence-electron chi connectivity index (χ1n) is 18.7. The third-order valence-electron chi connectivity index (χ3n) is 9.58. The molecular formula is C41H51N5O11. The summed E-state index contributed by atoms with van der Waals surface area (Å²) in [7, 11) is 6.68. The van der Waals surface area contributed by atoms with Gasteiger partial charge in [0.2, 0.25) is 11.8 Å². The third-order valence-corrected chi connectivity index (χ3v) is 9.58. The topological polar surface area (TPSA) is 207 Å². The minimum atomic E-state index is -0.650. The van der Waals surface area contributed by atoms with Crippen LogP contribution in [0.5, 0.6) is 0 Å². The van der Waals surface area contributed by atoms with E-state index < -0.39 is 47.2 Å². The van der Waals surface area contributed by atoms with Crippen LogP contribution < -0.4 is 10.6 Å². The summed E-state index contributed by atoms with van der Waals surface area (Å²) < 4.78 is 16.1. The van der Waals surface area contributed by atoms with Crippen LogP contribution in [0.3, 0.4) is 0 Å². The minimum Gasteiger partial charge on any atom is -0.459 e. The Labute approximate surface area is 331 Å². The molecule has 6 atom stereocenters. The molecule has 2 saturated carbocycles. The average molecular weight is 790 g/mol. The summed E-state index contributed by atoms with van der Waals surface area (Å²) in [5.74, 6) is -1.51. The summed E-state index contributed by atoms with van der Waals surface area (Å²) in [4.78, 5) is 74.8. The summed E-state index contributed by atoms with van der Waals surface area (Å²) in [6, 6.07) is 23.1. The van der Waals surface area contributed by atoms with Crippen molar-refractivity contribution in [1.82, 2.24) is 20.4 Å². The monoisotopic (exact) mass is 789 g/mol. The van der Waals surface area contributed by atoms with E-state index in [0.717, 1.165) is 11.1 Å². The lowest BCUT2D eigenvalue weighted by molar-refractivity contribution is -0.384. The Balaban J connectivity index is 0.000000273. The molecular weight excluding hydrogens is 738 g/mol. The van der Waals surface area contributed by atoms with E-state index in [9.17, 15) is 39.2 Å². The Morgan fingerprint density at radius 3 is 1.58 bits per heavy atom. The lowest BCUT2D eigenvalue weighted by Crippen LogP contribution is -2.47. The minimum absolute atomic E-state index is 0.0202. The maximum atomic E-state index is 12.6. The lowest BCUT2D eigenvalue weighted by atomic mass is 9.83. The molecule has 3 aromatic carbocycles. The fourth-order valence-corrected chi connectivity index (χ4v) is 6.82. The second-order valence-corrected chi connectivity index (χ2v) is 14.6. The van der Waals surface area contributed by atoms with E-state index in [1.165, 1.54) is 34.1 Å². The van der Waals surface area contributed by atoms with Gasteiger partial charge in [-0.3, -0.25) is 19.7 Å². The number of amides is 4. The molecule has 0 bridgehead atoms. The first kappa shape index (κ1) is 43.7. The van der Waals surface area contributed by atoms with Crippen LogP contribution in [0.1, 0.15) is 60.0 Å². The Kier molecular flexibility index (Phi) is 16.3. The number of rotatable bonds is 11. The summed E-state index contributed by atoms with van der Waals surface area (Å²) in [6.07, 6.45) is 0.0744. The van der Waals surface area contributed by atoms with Crippen molar-refractivity contribution in [3.63, 3.8) is 0 Å². The molecule has 4 amide bonds. The Bertz CT molecular complexity index is 1810. The summed E-state index contributed by atoms with van der Waals surface area (Å²) >= 11 is 0. The van der Waals surface area contributed by atoms with Gasteiger partial charge in [0, 0.05) is 70.7 Å². The Morgan fingerprint density at radius 2 is 1.12 bits per heavy atom. The number of benzene rings is 3. The molecule has 16 nitrogen and oxygen atoms in total. The molecule has 0 aromatic heterocycles. The second kappa shape index (κ2) is 21.3. The number of nitrogens with one attached hydrogen (secondary N) is 2. The molecule has 16 heteroatoms. The summed E-state index contributed by atoms with van der Waals surface area (Å²) in [5.41, 5.74) is 1.78. The van der Waals surface area contributed by atoms with Crippen molar-refractivity contribution in [1.29, 1.82) is 0 Å². The fraction of sp³-hybridized carbons (Fsp3) is 0.439. The van der Waals surface area contributed by atoms with Crippen LogP contribution in [0, 0.1) is 22.0 Å². The molecule has 3 aromatic rings. The molecule has 3 N–H and O–H groups in total. The molecule has 0 radical (unpaired) electrons. The summed E-state index contributed by atoms with van der Waals surface area (Å²) in [5, 5.41) is 26.3. The number of aliphatic hydroxyl groups is 1. The number of nitro benzene ring substituents is 1. The first-order chi connectivity index (χ1) is 27.2. The lowest BCUT2D eigenvalue weighted by Gasteiger charge is -2.35. The zero-order valence-corrected chi connectivity index (χ0v) is 32.6.